The van der Waals surface area contributed by atoms with Crippen molar-refractivity contribution in [3.8, 4) is 0 Å². The SMILES string of the molecule is CCOCCC(=O)NC[C@@H](C)O. The van der Waals surface area contributed by atoms with Crippen molar-refractivity contribution >= 4 is 5.91 Å². The lowest BCUT2D eigenvalue weighted by atomic mass is 10.3. The van der Waals surface area contributed by atoms with Crippen LogP contribution in [0.25, 0.3) is 0 Å². The van der Waals surface area contributed by atoms with Gasteiger partial charge in [-0.2, -0.15) is 0 Å². The summed E-state index contributed by atoms with van der Waals surface area (Å²) < 4.78 is 4.99. The standard InChI is InChI=1S/C8H17NO3/c1-3-12-5-4-8(11)9-6-7(2)10/h7,10H,3-6H2,1-2H3,(H,9,11)/t7-/m1/s1. The van der Waals surface area contributed by atoms with E-state index in [9.17, 15) is 4.79 Å². The minimum Gasteiger partial charge on any atom is -0.392 e. The maximum Gasteiger partial charge on any atom is 0.222 e. The van der Waals surface area contributed by atoms with Crippen molar-refractivity contribution in [2.45, 2.75) is 26.4 Å². The summed E-state index contributed by atoms with van der Waals surface area (Å²) in [5.41, 5.74) is 0. The minimum absolute atomic E-state index is 0.0793. The van der Waals surface area contributed by atoms with Gasteiger partial charge in [0.2, 0.25) is 5.91 Å². The number of nitrogens with one attached hydrogen (secondary N) is 1. The Labute approximate surface area is 72.9 Å². The lowest BCUT2D eigenvalue weighted by Gasteiger charge is -2.06. The van der Waals surface area contributed by atoms with Gasteiger partial charge >= 0.3 is 0 Å². The third-order valence-corrected chi connectivity index (χ3v) is 1.27. The summed E-state index contributed by atoms with van der Waals surface area (Å²) >= 11 is 0. The van der Waals surface area contributed by atoms with Gasteiger partial charge in [0.1, 0.15) is 0 Å². The maximum absolute atomic E-state index is 10.9. The van der Waals surface area contributed by atoms with Gasteiger partial charge in [-0.25, -0.2) is 0 Å². The molecule has 4 nitrogen and oxygen atoms in total. The quantitative estimate of drug-likeness (QED) is 0.555. The van der Waals surface area contributed by atoms with Crippen molar-refractivity contribution in [2.24, 2.45) is 0 Å². The number of amides is 1. The summed E-state index contributed by atoms with van der Waals surface area (Å²) in [6, 6.07) is 0. The average molecular weight is 175 g/mol. The lowest BCUT2D eigenvalue weighted by Crippen LogP contribution is -2.31. The smallest absolute Gasteiger partial charge is 0.222 e. The Bertz CT molecular complexity index is 125. The van der Waals surface area contributed by atoms with Crippen molar-refractivity contribution in [3.05, 3.63) is 0 Å². The molecule has 0 radical (unpaired) electrons. The molecule has 2 N–H and O–H groups in total. The van der Waals surface area contributed by atoms with Crippen LogP contribution in [0, 0.1) is 0 Å². The monoisotopic (exact) mass is 175 g/mol. The Hall–Kier alpha value is -0.610. The fourth-order valence-electron chi connectivity index (χ4n) is 0.659. The molecule has 72 valence electrons. The molecule has 0 aromatic heterocycles. The van der Waals surface area contributed by atoms with Crippen LogP contribution in [0.3, 0.4) is 0 Å². The number of ether oxygens (including phenoxy) is 1. The topological polar surface area (TPSA) is 58.6 Å². The van der Waals surface area contributed by atoms with Gasteiger partial charge in [0, 0.05) is 19.6 Å². The first kappa shape index (κ1) is 11.4. The molecule has 0 spiro atoms. The highest BCUT2D eigenvalue weighted by molar-refractivity contribution is 5.75. The molecule has 12 heavy (non-hydrogen) atoms. The molecule has 0 rings (SSSR count). The van der Waals surface area contributed by atoms with E-state index in [-0.39, 0.29) is 5.91 Å². The second-order valence-electron chi connectivity index (χ2n) is 2.60. The van der Waals surface area contributed by atoms with Crippen LogP contribution in [0.5, 0.6) is 0 Å². The summed E-state index contributed by atoms with van der Waals surface area (Å²) in [5.74, 6) is -0.0793. The second-order valence-corrected chi connectivity index (χ2v) is 2.60. The van der Waals surface area contributed by atoms with E-state index >= 15 is 0 Å². The second kappa shape index (κ2) is 7.06. The molecule has 4 heteroatoms. The molecular formula is C8H17NO3. The number of aliphatic hydroxyl groups is 1. The van der Waals surface area contributed by atoms with Gasteiger partial charge in [0.05, 0.1) is 12.7 Å². The minimum atomic E-state index is -0.485. The predicted octanol–water partition coefficient (Wildman–Crippen LogP) is -0.0900. The van der Waals surface area contributed by atoms with Gasteiger partial charge in [0.15, 0.2) is 0 Å². The number of carbonyl (C=O) groups excluding carboxylic acids is 1. The van der Waals surface area contributed by atoms with E-state index in [1.54, 1.807) is 6.92 Å². The van der Waals surface area contributed by atoms with Gasteiger partial charge in [-0.05, 0) is 13.8 Å². The highest BCUT2D eigenvalue weighted by Crippen LogP contribution is 1.83. The first-order valence-electron chi connectivity index (χ1n) is 4.19. The molecule has 0 unspecified atom stereocenters. The zero-order valence-electron chi connectivity index (χ0n) is 7.67. The Kier molecular flexibility index (Phi) is 6.70. The Morgan fingerprint density at radius 2 is 2.33 bits per heavy atom. The first-order chi connectivity index (χ1) is 5.66. The molecule has 0 fully saturated rings. The van der Waals surface area contributed by atoms with Crippen LogP contribution in [0.1, 0.15) is 20.3 Å². The third-order valence-electron chi connectivity index (χ3n) is 1.27. The molecule has 0 saturated carbocycles. The maximum atomic E-state index is 10.9. The zero-order valence-corrected chi connectivity index (χ0v) is 7.67. The molecule has 0 aliphatic heterocycles. The van der Waals surface area contributed by atoms with E-state index in [0.717, 1.165) is 0 Å². The molecule has 0 aliphatic rings. The van der Waals surface area contributed by atoms with Crippen LogP contribution in [0.2, 0.25) is 0 Å². The number of carbonyl (C=O) groups is 1. The molecule has 0 aliphatic carbocycles. The normalized spacial score (nSPS) is 12.6. The highest BCUT2D eigenvalue weighted by atomic mass is 16.5. The van der Waals surface area contributed by atoms with Crippen LogP contribution >= 0.6 is 0 Å². The van der Waals surface area contributed by atoms with E-state index in [1.807, 2.05) is 6.92 Å². The first-order valence-corrected chi connectivity index (χ1v) is 4.19. The van der Waals surface area contributed by atoms with E-state index in [4.69, 9.17) is 9.84 Å². The van der Waals surface area contributed by atoms with Gasteiger partial charge in [-0.3, -0.25) is 4.79 Å². The van der Waals surface area contributed by atoms with Gasteiger partial charge in [-0.15, -0.1) is 0 Å². The molecule has 0 aromatic carbocycles. The summed E-state index contributed by atoms with van der Waals surface area (Å²) in [5, 5.41) is 11.4. The highest BCUT2D eigenvalue weighted by Gasteiger charge is 2.01. The van der Waals surface area contributed by atoms with Crippen LogP contribution in [0.15, 0.2) is 0 Å². The average Bonchev–Trinajstić information content (AvgIpc) is 2.01. The summed E-state index contributed by atoms with van der Waals surface area (Å²) in [6.45, 7) is 4.90. The van der Waals surface area contributed by atoms with Crippen LogP contribution in [-0.2, 0) is 9.53 Å². The van der Waals surface area contributed by atoms with Crippen LogP contribution in [0.4, 0.5) is 0 Å². The lowest BCUT2D eigenvalue weighted by molar-refractivity contribution is -0.122. The van der Waals surface area contributed by atoms with Crippen molar-refractivity contribution < 1.29 is 14.6 Å². The van der Waals surface area contributed by atoms with Gasteiger partial charge in [0.25, 0.3) is 0 Å². The molecular weight excluding hydrogens is 158 g/mol. The summed E-state index contributed by atoms with van der Waals surface area (Å²) in [6.07, 6.45) is -0.123. The Balaban J connectivity index is 3.22. The number of aliphatic hydroxyl groups excluding tert-OH is 1. The van der Waals surface area contributed by atoms with Gasteiger partial charge < -0.3 is 15.2 Å². The zero-order chi connectivity index (χ0) is 9.40. The fraction of sp³-hybridized carbons (Fsp3) is 0.875. The fourth-order valence-corrected chi connectivity index (χ4v) is 0.659. The van der Waals surface area contributed by atoms with Crippen LogP contribution < -0.4 is 5.32 Å². The Morgan fingerprint density at radius 3 is 2.83 bits per heavy atom. The van der Waals surface area contributed by atoms with Gasteiger partial charge in [-0.1, -0.05) is 0 Å². The molecule has 0 bridgehead atoms. The summed E-state index contributed by atoms with van der Waals surface area (Å²) in [7, 11) is 0. The number of hydrogen-bond acceptors (Lipinski definition) is 3. The molecule has 0 aromatic rings. The molecule has 0 heterocycles. The van der Waals surface area contributed by atoms with E-state index in [2.05, 4.69) is 5.32 Å². The van der Waals surface area contributed by atoms with E-state index in [0.29, 0.717) is 26.2 Å². The van der Waals surface area contributed by atoms with Crippen molar-refractivity contribution in [1.29, 1.82) is 0 Å². The van der Waals surface area contributed by atoms with E-state index < -0.39 is 6.10 Å². The van der Waals surface area contributed by atoms with Crippen molar-refractivity contribution in [2.75, 3.05) is 19.8 Å². The molecule has 0 saturated heterocycles. The van der Waals surface area contributed by atoms with E-state index in [1.165, 1.54) is 0 Å². The number of hydrogen-bond donors (Lipinski definition) is 2. The number of rotatable bonds is 6. The van der Waals surface area contributed by atoms with Crippen LogP contribution in [-0.4, -0.2) is 36.9 Å². The molecule has 1 amide bonds. The van der Waals surface area contributed by atoms with Crippen molar-refractivity contribution in [3.63, 3.8) is 0 Å². The molecule has 1 atom stereocenters. The Morgan fingerprint density at radius 1 is 1.67 bits per heavy atom. The predicted molar refractivity (Wildman–Crippen MR) is 45.8 cm³/mol. The van der Waals surface area contributed by atoms with Crippen molar-refractivity contribution in [1.82, 2.24) is 5.32 Å². The summed E-state index contributed by atoms with van der Waals surface area (Å²) in [4.78, 5) is 10.9. The largest absolute Gasteiger partial charge is 0.392 e. The third kappa shape index (κ3) is 7.50.